The molecule has 1 fully saturated rings. The molecule has 0 bridgehead atoms. The molecule has 1 unspecified atom stereocenters. The summed E-state index contributed by atoms with van der Waals surface area (Å²) in [5.74, 6) is 1.88. The number of hydrogen-bond donors (Lipinski definition) is 1. The van der Waals surface area contributed by atoms with Gasteiger partial charge in [0, 0.05) is 13.2 Å². The van der Waals surface area contributed by atoms with Gasteiger partial charge < -0.3 is 14.5 Å². The lowest BCUT2D eigenvalue weighted by Crippen LogP contribution is -2.27. The Morgan fingerprint density at radius 2 is 2.17 bits per heavy atom. The summed E-state index contributed by atoms with van der Waals surface area (Å²) in [4.78, 5) is 0. The van der Waals surface area contributed by atoms with Crippen LogP contribution in [0.25, 0.3) is 0 Å². The Hall–Kier alpha value is -0.800. The van der Waals surface area contributed by atoms with Crippen LogP contribution < -0.4 is 5.32 Å². The van der Waals surface area contributed by atoms with Gasteiger partial charge in [-0.3, -0.25) is 0 Å². The molecular weight excluding hydrogens is 226 g/mol. The van der Waals surface area contributed by atoms with Crippen molar-refractivity contribution in [2.45, 2.75) is 45.6 Å². The SMILES string of the molecule is CCCNC(CC1CCOCC1)c1occc1C. The second-order valence-corrected chi connectivity index (χ2v) is 5.27. The molecule has 1 saturated heterocycles. The molecule has 3 heteroatoms. The quantitative estimate of drug-likeness (QED) is 0.841. The summed E-state index contributed by atoms with van der Waals surface area (Å²) >= 11 is 0. The van der Waals surface area contributed by atoms with Crippen molar-refractivity contribution in [3.63, 3.8) is 0 Å². The van der Waals surface area contributed by atoms with Crippen LogP contribution in [0.15, 0.2) is 16.7 Å². The molecule has 18 heavy (non-hydrogen) atoms. The molecule has 0 amide bonds. The Labute approximate surface area is 110 Å². The zero-order valence-electron chi connectivity index (χ0n) is 11.6. The molecule has 1 aromatic heterocycles. The smallest absolute Gasteiger partial charge is 0.123 e. The van der Waals surface area contributed by atoms with Gasteiger partial charge in [0.15, 0.2) is 0 Å². The zero-order chi connectivity index (χ0) is 12.8. The molecule has 2 rings (SSSR count). The number of rotatable bonds is 6. The molecule has 0 saturated carbocycles. The molecule has 1 aliphatic heterocycles. The first-order valence-electron chi connectivity index (χ1n) is 7.16. The van der Waals surface area contributed by atoms with E-state index < -0.39 is 0 Å². The Morgan fingerprint density at radius 1 is 1.39 bits per heavy atom. The predicted molar refractivity (Wildman–Crippen MR) is 72.6 cm³/mol. The molecule has 3 nitrogen and oxygen atoms in total. The average Bonchev–Trinajstić information content (AvgIpc) is 2.82. The largest absolute Gasteiger partial charge is 0.467 e. The van der Waals surface area contributed by atoms with E-state index in [2.05, 4.69) is 25.2 Å². The normalized spacial score (nSPS) is 19.0. The van der Waals surface area contributed by atoms with Crippen LogP contribution in [-0.4, -0.2) is 19.8 Å². The van der Waals surface area contributed by atoms with Gasteiger partial charge in [0.25, 0.3) is 0 Å². The highest BCUT2D eigenvalue weighted by molar-refractivity contribution is 5.18. The molecule has 1 aliphatic rings. The molecule has 1 atom stereocenters. The molecule has 0 radical (unpaired) electrons. The highest BCUT2D eigenvalue weighted by atomic mass is 16.5. The van der Waals surface area contributed by atoms with Crippen LogP contribution in [0.4, 0.5) is 0 Å². The van der Waals surface area contributed by atoms with E-state index in [1.165, 1.54) is 18.4 Å². The summed E-state index contributed by atoms with van der Waals surface area (Å²) in [6.07, 6.45) is 6.49. The number of aryl methyl sites for hydroxylation is 1. The summed E-state index contributed by atoms with van der Waals surface area (Å²) in [7, 11) is 0. The topological polar surface area (TPSA) is 34.4 Å². The monoisotopic (exact) mass is 251 g/mol. The van der Waals surface area contributed by atoms with Gasteiger partial charge in [-0.05, 0) is 56.7 Å². The molecule has 102 valence electrons. The highest BCUT2D eigenvalue weighted by Crippen LogP contribution is 2.29. The Bertz CT molecular complexity index is 342. The summed E-state index contributed by atoms with van der Waals surface area (Å²) in [6, 6.07) is 2.42. The van der Waals surface area contributed by atoms with Crippen LogP contribution >= 0.6 is 0 Å². The van der Waals surface area contributed by atoms with Gasteiger partial charge in [-0.1, -0.05) is 6.92 Å². The maximum absolute atomic E-state index is 5.67. The van der Waals surface area contributed by atoms with Gasteiger partial charge in [0.1, 0.15) is 5.76 Å². The fraction of sp³-hybridized carbons (Fsp3) is 0.733. The fourth-order valence-electron chi connectivity index (χ4n) is 2.66. The summed E-state index contributed by atoms with van der Waals surface area (Å²) < 4.78 is 11.1. The third-order valence-corrected chi connectivity index (χ3v) is 3.77. The van der Waals surface area contributed by atoms with E-state index in [-0.39, 0.29) is 0 Å². The lowest BCUT2D eigenvalue weighted by atomic mass is 9.91. The second kappa shape index (κ2) is 6.95. The number of hydrogen-bond acceptors (Lipinski definition) is 3. The Balaban J connectivity index is 1.98. The van der Waals surface area contributed by atoms with Crippen molar-refractivity contribution in [2.24, 2.45) is 5.92 Å². The molecule has 0 spiro atoms. The maximum Gasteiger partial charge on any atom is 0.123 e. The van der Waals surface area contributed by atoms with Crippen molar-refractivity contribution in [1.82, 2.24) is 5.32 Å². The molecule has 2 heterocycles. The summed E-state index contributed by atoms with van der Waals surface area (Å²) in [5.41, 5.74) is 1.26. The third kappa shape index (κ3) is 3.59. The standard InChI is InChI=1S/C15H25NO2/c1-3-7-16-14(15-12(2)4-10-18-15)11-13-5-8-17-9-6-13/h4,10,13-14,16H,3,5-9,11H2,1-2H3. The minimum absolute atomic E-state index is 0.364. The number of ether oxygens (including phenoxy) is 1. The van der Waals surface area contributed by atoms with Crippen LogP contribution in [0.5, 0.6) is 0 Å². The third-order valence-electron chi connectivity index (χ3n) is 3.77. The van der Waals surface area contributed by atoms with Crippen LogP contribution in [0.1, 0.15) is 50.0 Å². The van der Waals surface area contributed by atoms with E-state index >= 15 is 0 Å². The molecule has 1 N–H and O–H groups in total. The average molecular weight is 251 g/mol. The van der Waals surface area contributed by atoms with Crippen molar-refractivity contribution in [3.8, 4) is 0 Å². The van der Waals surface area contributed by atoms with Crippen molar-refractivity contribution < 1.29 is 9.15 Å². The van der Waals surface area contributed by atoms with Gasteiger partial charge in [0.05, 0.1) is 12.3 Å². The Kier molecular flexibility index (Phi) is 5.26. The number of nitrogens with one attached hydrogen (secondary N) is 1. The van der Waals surface area contributed by atoms with Gasteiger partial charge in [0.2, 0.25) is 0 Å². The Morgan fingerprint density at radius 3 is 2.78 bits per heavy atom. The van der Waals surface area contributed by atoms with E-state index in [9.17, 15) is 0 Å². The van der Waals surface area contributed by atoms with E-state index in [1.807, 2.05) is 0 Å². The summed E-state index contributed by atoms with van der Waals surface area (Å²) in [5, 5.41) is 3.63. The summed E-state index contributed by atoms with van der Waals surface area (Å²) in [6.45, 7) is 7.22. The van der Waals surface area contributed by atoms with E-state index in [0.29, 0.717) is 6.04 Å². The lowest BCUT2D eigenvalue weighted by Gasteiger charge is -2.26. The van der Waals surface area contributed by atoms with Gasteiger partial charge >= 0.3 is 0 Å². The molecule has 0 aliphatic carbocycles. The second-order valence-electron chi connectivity index (χ2n) is 5.27. The first-order chi connectivity index (χ1) is 8.81. The zero-order valence-corrected chi connectivity index (χ0v) is 11.6. The van der Waals surface area contributed by atoms with Crippen molar-refractivity contribution >= 4 is 0 Å². The maximum atomic E-state index is 5.67. The van der Waals surface area contributed by atoms with Gasteiger partial charge in [-0.15, -0.1) is 0 Å². The predicted octanol–water partition coefficient (Wildman–Crippen LogP) is 3.45. The lowest BCUT2D eigenvalue weighted by molar-refractivity contribution is 0.0596. The van der Waals surface area contributed by atoms with Gasteiger partial charge in [-0.2, -0.15) is 0 Å². The molecule has 1 aromatic rings. The van der Waals surface area contributed by atoms with Crippen LogP contribution in [0, 0.1) is 12.8 Å². The minimum atomic E-state index is 0.364. The van der Waals surface area contributed by atoms with E-state index in [1.54, 1.807) is 6.26 Å². The minimum Gasteiger partial charge on any atom is -0.467 e. The van der Waals surface area contributed by atoms with E-state index in [4.69, 9.17) is 9.15 Å². The molecular formula is C15H25NO2. The van der Waals surface area contributed by atoms with Crippen LogP contribution in [0.2, 0.25) is 0 Å². The van der Waals surface area contributed by atoms with Crippen LogP contribution in [-0.2, 0) is 4.74 Å². The van der Waals surface area contributed by atoms with Gasteiger partial charge in [-0.25, -0.2) is 0 Å². The van der Waals surface area contributed by atoms with Crippen molar-refractivity contribution in [1.29, 1.82) is 0 Å². The highest BCUT2D eigenvalue weighted by Gasteiger charge is 2.23. The first-order valence-corrected chi connectivity index (χ1v) is 7.16. The van der Waals surface area contributed by atoms with Crippen LogP contribution in [0.3, 0.4) is 0 Å². The van der Waals surface area contributed by atoms with Crippen molar-refractivity contribution in [3.05, 3.63) is 23.7 Å². The number of furan rings is 1. The fourth-order valence-corrected chi connectivity index (χ4v) is 2.66. The molecule has 0 aromatic carbocycles. The van der Waals surface area contributed by atoms with Crippen molar-refractivity contribution in [2.75, 3.05) is 19.8 Å². The van der Waals surface area contributed by atoms with E-state index in [0.717, 1.165) is 44.3 Å². The first kappa shape index (κ1) is 13.6.